The lowest BCUT2D eigenvalue weighted by Gasteiger charge is -2.05. The molecule has 6 heteroatoms. The molecule has 2 N–H and O–H groups in total. The van der Waals surface area contributed by atoms with Crippen molar-refractivity contribution in [1.29, 1.82) is 5.26 Å². The number of nitrogens with one attached hydrogen (secondary N) is 1. The van der Waals surface area contributed by atoms with E-state index >= 15 is 0 Å². The zero-order valence-electron chi connectivity index (χ0n) is 15.9. The molecule has 1 aromatic heterocycles. The number of hydrogen-bond acceptors (Lipinski definition) is 4. The van der Waals surface area contributed by atoms with Crippen LogP contribution in [0.5, 0.6) is 0 Å². The summed E-state index contributed by atoms with van der Waals surface area (Å²) in [5, 5.41) is 21.1. The van der Waals surface area contributed by atoms with Crippen LogP contribution in [-0.4, -0.2) is 17.0 Å². The van der Waals surface area contributed by atoms with E-state index < -0.39 is 11.9 Å². The molecule has 0 radical (unpaired) electrons. The molecule has 1 heterocycles. The topological polar surface area (TPSA) is 103 Å². The highest BCUT2D eigenvalue weighted by molar-refractivity contribution is 6.09. The third kappa shape index (κ3) is 4.60. The van der Waals surface area contributed by atoms with Crippen LogP contribution < -0.4 is 5.32 Å². The predicted molar refractivity (Wildman–Crippen MR) is 109 cm³/mol. The number of anilines is 1. The van der Waals surface area contributed by atoms with Gasteiger partial charge in [0.1, 0.15) is 23.2 Å². The maximum atomic E-state index is 12.4. The fourth-order valence-corrected chi connectivity index (χ4v) is 2.86. The number of aromatic carboxylic acids is 1. The molecule has 3 aromatic rings. The van der Waals surface area contributed by atoms with Crippen molar-refractivity contribution in [3.05, 3.63) is 82.6 Å². The van der Waals surface area contributed by atoms with E-state index in [9.17, 15) is 14.9 Å². The van der Waals surface area contributed by atoms with Crippen LogP contribution in [0.1, 0.15) is 27.2 Å². The van der Waals surface area contributed by atoms with E-state index in [-0.39, 0.29) is 11.1 Å². The lowest BCUT2D eigenvalue weighted by atomic mass is 10.0. The van der Waals surface area contributed by atoms with Crippen molar-refractivity contribution in [2.75, 3.05) is 5.32 Å². The van der Waals surface area contributed by atoms with Gasteiger partial charge in [0.25, 0.3) is 5.91 Å². The lowest BCUT2D eigenvalue weighted by Crippen LogP contribution is -2.13. The van der Waals surface area contributed by atoms with Gasteiger partial charge in [-0.1, -0.05) is 18.2 Å². The Morgan fingerprint density at radius 1 is 1.10 bits per heavy atom. The van der Waals surface area contributed by atoms with Gasteiger partial charge in [0.15, 0.2) is 0 Å². The highest BCUT2D eigenvalue weighted by Crippen LogP contribution is 2.27. The number of furan rings is 1. The normalized spacial score (nSPS) is 11.0. The minimum Gasteiger partial charge on any atom is -0.478 e. The molecule has 0 aliphatic rings. The Morgan fingerprint density at radius 2 is 1.90 bits per heavy atom. The van der Waals surface area contributed by atoms with Crippen molar-refractivity contribution in [2.45, 2.75) is 13.8 Å². The van der Waals surface area contributed by atoms with E-state index in [1.165, 1.54) is 12.1 Å². The molecule has 0 atom stereocenters. The third-order valence-electron chi connectivity index (χ3n) is 4.29. The fourth-order valence-electron chi connectivity index (χ4n) is 2.86. The summed E-state index contributed by atoms with van der Waals surface area (Å²) in [6.07, 6.45) is 1.37. The number of carboxylic acids is 1. The Hall–Kier alpha value is -4.11. The van der Waals surface area contributed by atoms with Crippen LogP contribution in [0.15, 0.2) is 64.6 Å². The molecule has 0 spiro atoms. The van der Waals surface area contributed by atoms with Crippen molar-refractivity contribution >= 4 is 23.6 Å². The molecule has 0 bridgehead atoms. The van der Waals surface area contributed by atoms with E-state index in [0.29, 0.717) is 17.2 Å². The van der Waals surface area contributed by atoms with Gasteiger partial charge in [0.05, 0.1) is 5.56 Å². The van der Waals surface area contributed by atoms with E-state index in [1.54, 1.807) is 43.3 Å². The molecule has 3 rings (SSSR count). The average Bonchev–Trinajstić information content (AvgIpc) is 3.14. The van der Waals surface area contributed by atoms with Crippen LogP contribution >= 0.6 is 0 Å². The minimum atomic E-state index is -0.999. The molecule has 0 aliphatic heterocycles. The molecular formula is C23H18N2O4. The second kappa shape index (κ2) is 8.28. The van der Waals surface area contributed by atoms with Gasteiger partial charge in [0.2, 0.25) is 0 Å². The Bertz CT molecular complexity index is 1170. The number of rotatable bonds is 5. The Morgan fingerprint density at radius 3 is 2.55 bits per heavy atom. The molecular weight excluding hydrogens is 368 g/mol. The van der Waals surface area contributed by atoms with Gasteiger partial charge in [-0.15, -0.1) is 0 Å². The van der Waals surface area contributed by atoms with Crippen molar-refractivity contribution in [3.63, 3.8) is 0 Å². The summed E-state index contributed by atoms with van der Waals surface area (Å²) in [7, 11) is 0. The second-order valence-corrected chi connectivity index (χ2v) is 6.53. The van der Waals surface area contributed by atoms with Crippen LogP contribution in [0, 0.1) is 25.2 Å². The summed E-state index contributed by atoms with van der Waals surface area (Å²) in [4.78, 5) is 23.5. The SMILES string of the molecule is Cc1cccc(NC(=O)C(C#N)=Cc2ccc(-c3ccc(C(=O)O)cc3C)o2)c1. The summed E-state index contributed by atoms with van der Waals surface area (Å²) in [6.45, 7) is 3.70. The van der Waals surface area contributed by atoms with Gasteiger partial charge < -0.3 is 14.8 Å². The first kappa shape index (κ1) is 19.6. The van der Waals surface area contributed by atoms with E-state index in [0.717, 1.165) is 16.7 Å². The number of nitriles is 1. The van der Waals surface area contributed by atoms with Crippen LogP contribution in [-0.2, 0) is 4.79 Å². The van der Waals surface area contributed by atoms with Gasteiger partial charge >= 0.3 is 5.97 Å². The number of carbonyl (C=O) groups excluding carboxylic acids is 1. The fraction of sp³-hybridized carbons (Fsp3) is 0.0870. The summed E-state index contributed by atoms with van der Waals surface area (Å²) < 4.78 is 5.75. The maximum Gasteiger partial charge on any atom is 0.335 e. The monoisotopic (exact) mass is 386 g/mol. The molecule has 144 valence electrons. The number of nitrogens with zero attached hydrogens (tertiary/aromatic N) is 1. The third-order valence-corrected chi connectivity index (χ3v) is 4.29. The van der Waals surface area contributed by atoms with Crippen molar-refractivity contribution in [2.24, 2.45) is 0 Å². The van der Waals surface area contributed by atoms with E-state index in [2.05, 4.69) is 5.32 Å². The maximum absolute atomic E-state index is 12.4. The molecule has 1 amide bonds. The van der Waals surface area contributed by atoms with Crippen LogP contribution in [0.4, 0.5) is 5.69 Å². The van der Waals surface area contributed by atoms with Gasteiger partial charge in [-0.05, 0) is 61.4 Å². The molecule has 0 fully saturated rings. The van der Waals surface area contributed by atoms with Gasteiger partial charge in [-0.3, -0.25) is 4.79 Å². The Balaban J connectivity index is 1.83. The molecule has 29 heavy (non-hydrogen) atoms. The van der Waals surface area contributed by atoms with Crippen molar-refractivity contribution in [3.8, 4) is 17.4 Å². The molecule has 0 unspecified atom stereocenters. The minimum absolute atomic E-state index is 0.0923. The molecule has 0 saturated heterocycles. The van der Waals surface area contributed by atoms with Crippen molar-refractivity contribution in [1.82, 2.24) is 0 Å². The van der Waals surface area contributed by atoms with E-state index in [1.807, 2.05) is 25.1 Å². The Labute approximate surface area is 167 Å². The molecule has 2 aromatic carbocycles. The summed E-state index contributed by atoms with van der Waals surface area (Å²) in [6, 6.07) is 17.3. The summed E-state index contributed by atoms with van der Waals surface area (Å²) in [5.41, 5.74) is 3.17. The largest absolute Gasteiger partial charge is 0.478 e. The van der Waals surface area contributed by atoms with Crippen LogP contribution in [0.3, 0.4) is 0 Å². The van der Waals surface area contributed by atoms with Crippen LogP contribution in [0.25, 0.3) is 17.4 Å². The number of carboxylic acid groups (broad SMARTS) is 1. The van der Waals surface area contributed by atoms with E-state index in [4.69, 9.17) is 9.52 Å². The predicted octanol–water partition coefficient (Wildman–Crippen LogP) is 4.81. The van der Waals surface area contributed by atoms with Gasteiger partial charge in [0, 0.05) is 17.3 Å². The quantitative estimate of drug-likeness (QED) is 0.484. The van der Waals surface area contributed by atoms with Gasteiger partial charge in [-0.25, -0.2) is 4.79 Å². The first-order chi connectivity index (χ1) is 13.9. The van der Waals surface area contributed by atoms with Crippen LogP contribution in [0.2, 0.25) is 0 Å². The number of benzene rings is 2. The summed E-state index contributed by atoms with van der Waals surface area (Å²) >= 11 is 0. The average molecular weight is 386 g/mol. The summed E-state index contributed by atoms with van der Waals surface area (Å²) in [5.74, 6) is -0.668. The Kier molecular flexibility index (Phi) is 5.61. The smallest absolute Gasteiger partial charge is 0.335 e. The molecule has 0 saturated carbocycles. The second-order valence-electron chi connectivity index (χ2n) is 6.53. The highest BCUT2D eigenvalue weighted by Gasteiger charge is 2.13. The number of amides is 1. The highest BCUT2D eigenvalue weighted by atomic mass is 16.4. The zero-order valence-corrected chi connectivity index (χ0v) is 15.9. The van der Waals surface area contributed by atoms with Gasteiger partial charge in [-0.2, -0.15) is 5.26 Å². The first-order valence-corrected chi connectivity index (χ1v) is 8.81. The first-order valence-electron chi connectivity index (χ1n) is 8.81. The standard InChI is InChI=1S/C23H18N2O4/c1-14-4-3-5-18(10-14)25-22(26)17(13-24)12-19-7-9-21(29-19)20-8-6-16(23(27)28)11-15(20)2/h3-12H,1-2H3,(H,25,26)(H,27,28). The van der Waals surface area contributed by atoms with Crippen molar-refractivity contribution < 1.29 is 19.1 Å². The molecule has 0 aliphatic carbocycles. The number of carbonyl (C=O) groups is 2. The number of aryl methyl sites for hydroxylation is 2. The molecule has 6 nitrogen and oxygen atoms in total. The zero-order chi connectivity index (χ0) is 21.0. The lowest BCUT2D eigenvalue weighted by molar-refractivity contribution is -0.112. The number of hydrogen-bond donors (Lipinski definition) is 2.